The number of benzene rings is 1. The maximum atomic E-state index is 12.1. The number of nitrogens with one attached hydrogen (secondary N) is 2. The van der Waals surface area contributed by atoms with Crippen LogP contribution in [0.15, 0.2) is 41.4 Å². The average Bonchev–Trinajstić information content (AvgIpc) is 2.83. The van der Waals surface area contributed by atoms with Gasteiger partial charge in [-0.15, -0.1) is 0 Å². The first-order valence-corrected chi connectivity index (χ1v) is 7.07. The van der Waals surface area contributed by atoms with Crippen molar-refractivity contribution in [2.75, 3.05) is 5.32 Å². The van der Waals surface area contributed by atoms with Gasteiger partial charge >= 0.3 is 6.03 Å². The Kier molecular flexibility index (Phi) is 4.35. The Hall–Kier alpha value is -2.56. The molecule has 0 radical (unpaired) electrons. The lowest BCUT2D eigenvalue weighted by Gasteiger charge is -2.27. The van der Waals surface area contributed by atoms with Gasteiger partial charge < -0.3 is 9.84 Å². The van der Waals surface area contributed by atoms with Crippen LogP contribution in [0.3, 0.4) is 0 Å². The molecule has 0 fully saturated rings. The number of anilines is 1. The Morgan fingerprint density at radius 1 is 1.32 bits per heavy atom. The molecule has 116 valence electrons. The second-order valence-corrected chi connectivity index (χ2v) is 5.89. The fourth-order valence-electron chi connectivity index (χ4n) is 2.10. The molecule has 2 rings (SSSR count). The molecule has 1 aromatic heterocycles. The minimum atomic E-state index is -0.533. The van der Waals surface area contributed by atoms with Gasteiger partial charge in [0.15, 0.2) is 5.82 Å². The molecule has 0 unspecified atom stereocenters. The van der Waals surface area contributed by atoms with Crippen LogP contribution >= 0.6 is 0 Å². The Labute approximate surface area is 130 Å². The molecule has 0 spiro atoms. The summed E-state index contributed by atoms with van der Waals surface area (Å²) in [6, 6.07) is 9.30. The normalized spacial score (nSPS) is 11.1. The van der Waals surface area contributed by atoms with E-state index in [1.807, 2.05) is 45.0 Å². The summed E-state index contributed by atoms with van der Waals surface area (Å²) < 4.78 is 4.92. The van der Waals surface area contributed by atoms with Gasteiger partial charge in [-0.25, -0.2) is 4.79 Å². The molecule has 0 bridgehead atoms. The van der Waals surface area contributed by atoms with E-state index in [0.717, 1.165) is 16.7 Å². The zero-order valence-electron chi connectivity index (χ0n) is 13.4. The highest BCUT2D eigenvalue weighted by Crippen LogP contribution is 2.23. The zero-order chi connectivity index (χ0) is 16.3. The monoisotopic (exact) mass is 299 g/mol. The predicted molar refractivity (Wildman–Crippen MR) is 87.6 cm³/mol. The molecule has 0 atom stereocenters. The van der Waals surface area contributed by atoms with Gasteiger partial charge in [-0.05, 0) is 44.9 Å². The summed E-state index contributed by atoms with van der Waals surface area (Å²) in [5.41, 5.74) is 2.51. The van der Waals surface area contributed by atoms with Crippen LogP contribution < -0.4 is 10.6 Å². The minimum Gasteiger partial charge on any atom is -0.360 e. The summed E-state index contributed by atoms with van der Waals surface area (Å²) in [6.07, 6.45) is 0. The van der Waals surface area contributed by atoms with Crippen molar-refractivity contribution in [3.05, 3.63) is 53.8 Å². The lowest BCUT2D eigenvalue weighted by molar-refractivity contribution is 0.241. The summed E-state index contributed by atoms with van der Waals surface area (Å²) >= 11 is 0. The third-order valence-electron chi connectivity index (χ3n) is 3.37. The van der Waals surface area contributed by atoms with E-state index in [0.29, 0.717) is 11.6 Å². The number of allylic oxidation sites excluding steroid dienone is 1. The van der Waals surface area contributed by atoms with Crippen LogP contribution in [-0.4, -0.2) is 11.2 Å². The molecular formula is C17H21N3O2. The Morgan fingerprint density at radius 3 is 2.64 bits per heavy atom. The van der Waals surface area contributed by atoms with E-state index in [1.165, 1.54) is 0 Å². The number of carbonyl (C=O) groups excluding carboxylic acids is 1. The van der Waals surface area contributed by atoms with Crippen molar-refractivity contribution in [2.45, 2.75) is 33.2 Å². The summed E-state index contributed by atoms with van der Waals surface area (Å²) in [7, 11) is 0. The van der Waals surface area contributed by atoms with Crippen LogP contribution in [0.1, 0.15) is 37.7 Å². The summed E-state index contributed by atoms with van der Waals surface area (Å²) in [4.78, 5) is 12.1. The fourth-order valence-corrected chi connectivity index (χ4v) is 2.10. The van der Waals surface area contributed by atoms with Gasteiger partial charge in [-0.2, -0.15) is 0 Å². The quantitative estimate of drug-likeness (QED) is 0.894. The van der Waals surface area contributed by atoms with Crippen molar-refractivity contribution in [3.63, 3.8) is 0 Å². The van der Waals surface area contributed by atoms with Gasteiger partial charge in [0.1, 0.15) is 5.76 Å². The summed E-state index contributed by atoms with van der Waals surface area (Å²) in [6.45, 7) is 11.6. The Balaban J connectivity index is 2.11. The molecule has 0 aliphatic rings. The molecular weight excluding hydrogens is 278 g/mol. The Bertz CT molecular complexity index is 701. The molecule has 0 saturated carbocycles. The largest absolute Gasteiger partial charge is 0.360 e. The molecule has 2 aromatic rings. The number of hydrogen-bond acceptors (Lipinski definition) is 3. The second-order valence-electron chi connectivity index (χ2n) is 5.89. The number of aryl methyl sites for hydroxylation is 1. The topological polar surface area (TPSA) is 67.2 Å². The van der Waals surface area contributed by atoms with Gasteiger partial charge in [-0.3, -0.25) is 5.32 Å². The van der Waals surface area contributed by atoms with Gasteiger partial charge in [0.2, 0.25) is 0 Å². The maximum absolute atomic E-state index is 12.1. The van der Waals surface area contributed by atoms with E-state index in [4.69, 9.17) is 4.52 Å². The highest BCUT2D eigenvalue weighted by atomic mass is 16.5. The van der Waals surface area contributed by atoms with Gasteiger partial charge in [-0.1, -0.05) is 35.5 Å². The average molecular weight is 299 g/mol. The third kappa shape index (κ3) is 3.75. The lowest BCUT2D eigenvalue weighted by Crippen LogP contribution is -2.43. The number of nitrogens with zero attached hydrogens (tertiary/aromatic N) is 1. The Morgan fingerprint density at radius 2 is 2.05 bits per heavy atom. The van der Waals surface area contributed by atoms with Crippen molar-refractivity contribution >= 4 is 17.4 Å². The molecule has 22 heavy (non-hydrogen) atoms. The van der Waals surface area contributed by atoms with Crippen molar-refractivity contribution in [1.82, 2.24) is 10.5 Å². The maximum Gasteiger partial charge on any atom is 0.321 e. The molecule has 0 aliphatic carbocycles. The van der Waals surface area contributed by atoms with E-state index in [1.54, 1.807) is 13.0 Å². The molecule has 1 heterocycles. The third-order valence-corrected chi connectivity index (χ3v) is 3.37. The number of urea groups is 1. The van der Waals surface area contributed by atoms with E-state index in [2.05, 4.69) is 22.4 Å². The van der Waals surface area contributed by atoms with Gasteiger partial charge in [0.05, 0.1) is 5.54 Å². The number of hydrogen-bond donors (Lipinski definition) is 2. The van der Waals surface area contributed by atoms with E-state index in [-0.39, 0.29) is 6.03 Å². The molecule has 0 saturated heterocycles. The van der Waals surface area contributed by atoms with E-state index < -0.39 is 5.54 Å². The van der Waals surface area contributed by atoms with Crippen LogP contribution in [0.25, 0.3) is 5.57 Å². The number of carbonyl (C=O) groups is 1. The molecule has 2 amide bonds. The van der Waals surface area contributed by atoms with Crippen molar-refractivity contribution < 1.29 is 9.32 Å². The smallest absolute Gasteiger partial charge is 0.321 e. The van der Waals surface area contributed by atoms with Gasteiger partial charge in [0, 0.05) is 6.07 Å². The molecule has 2 N–H and O–H groups in total. The lowest BCUT2D eigenvalue weighted by atomic mass is 9.92. The van der Waals surface area contributed by atoms with E-state index in [9.17, 15) is 4.79 Å². The van der Waals surface area contributed by atoms with Crippen LogP contribution in [0.5, 0.6) is 0 Å². The number of rotatable bonds is 4. The highest BCUT2D eigenvalue weighted by Gasteiger charge is 2.23. The number of aromatic nitrogens is 1. The van der Waals surface area contributed by atoms with Gasteiger partial charge in [0.25, 0.3) is 0 Å². The first-order chi connectivity index (χ1) is 10.3. The molecule has 5 nitrogen and oxygen atoms in total. The van der Waals surface area contributed by atoms with Crippen LogP contribution in [0.2, 0.25) is 0 Å². The minimum absolute atomic E-state index is 0.334. The fraction of sp³-hybridized carbons (Fsp3) is 0.294. The molecule has 5 heteroatoms. The number of amides is 2. The summed E-state index contributed by atoms with van der Waals surface area (Å²) in [5, 5.41) is 9.33. The van der Waals surface area contributed by atoms with E-state index >= 15 is 0 Å². The summed E-state index contributed by atoms with van der Waals surface area (Å²) in [5.74, 6) is 1.03. The van der Waals surface area contributed by atoms with Crippen LogP contribution in [0.4, 0.5) is 10.6 Å². The SMILES string of the molecule is C=C(C)c1cccc(C(C)(C)NC(=O)Nc2cc(C)on2)c1. The molecule has 0 aliphatic heterocycles. The van der Waals surface area contributed by atoms with Crippen molar-refractivity contribution in [3.8, 4) is 0 Å². The standard InChI is InChI=1S/C17H21N3O2/c1-11(2)13-7-6-8-14(10-13)17(4,5)19-16(21)18-15-9-12(3)22-20-15/h6-10H,1H2,2-5H3,(H2,18,19,20,21). The van der Waals surface area contributed by atoms with Crippen molar-refractivity contribution in [2.24, 2.45) is 0 Å². The van der Waals surface area contributed by atoms with Crippen LogP contribution in [0, 0.1) is 6.92 Å². The van der Waals surface area contributed by atoms with Crippen LogP contribution in [-0.2, 0) is 5.54 Å². The predicted octanol–water partition coefficient (Wildman–Crippen LogP) is 4.07. The highest BCUT2D eigenvalue weighted by molar-refractivity contribution is 5.88. The first kappa shape index (κ1) is 15.8. The first-order valence-electron chi connectivity index (χ1n) is 7.07. The second kappa shape index (κ2) is 6.05. The van der Waals surface area contributed by atoms with Crippen molar-refractivity contribution in [1.29, 1.82) is 0 Å². The zero-order valence-corrected chi connectivity index (χ0v) is 13.4. The molecule has 1 aromatic carbocycles.